The van der Waals surface area contributed by atoms with Crippen molar-refractivity contribution in [3.8, 4) is 0 Å². The number of allylic oxidation sites excluding steroid dienone is 2. The fourth-order valence-corrected chi connectivity index (χ4v) is 7.32. The Hall–Kier alpha value is -2.53. The van der Waals surface area contributed by atoms with Crippen LogP contribution in [0.2, 0.25) is 0 Å². The number of rotatable bonds is 3. The van der Waals surface area contributed by atoms with Gasteiger partial charge in [0.1, 0.15) is 6.17 Å². The first-order valence-corrected chi connectivity index (χ1v) is 12.6. The molecular weight excluding hydrogens is 469 g/mol. The summed E-state index contributed by atoms with van der Waals surface area (Å²) in [5.41, 5.74) is -1.00. The molecule has 0 amide bonds. The molecule has 4 aliphatic rings. The van der Waals surface area contributed by atoms with Crippen LogP contribution in [0.5, 0.6) is 0 Å². The maximum Gasteiger partial charge on any atom is 0.265 e. The van der Waals surface area contributed by atoms with E-state index in [1.165, 1.54) is 22.5 Å². The number of carbonyl (C=O) groups excluding carboxylic acids is 1. The van der Waals surface area contributed by atoms with E-state index in [1.807, 2.05) is 0 Å². The van der Waals surface area contributed by atoms with Gasteiger partial charge in [0.25, 0.3) is 6.43 Å². The van der Waals surface area contributed by atoms with Crippen molar-refractivity contribution in [3.05, 3.63) is 52.5 Å². The summed E-state index contributed by atoms with van der Waals surface area (Å²) in [6.45, 7) is 3.64. The first-order chi connectivity index (χ1) is 16.0. The number of azo groups is 1. The van der Waals surface area contributed by atoms with Crippen LogP contribution >= 0.6 is 0 Å². The summed E-state index contributed by atoms with van der Waals surface area (Å²) in [5.74, 6) is 0.255. The third kappa shape index (κ3) is 3.27. The van der Waals surface area contributed by atoms with Crippen molar-refractivity contribution in [1.82, 2.24) is 9.62 Å². The van der Waals surface area contributed by atoms with Gasteiger partial charge in [-0.1, -0.05) is 32.0 Å². The van der Waals surface area contributed by atoms with Crippen molar-refractivity contribution in [3.63, 3.8) is 0 Å². The maximum absolute atomic E-state index is 15.5. The minimum Gasteiger partial charge on any atom is -0.339 e. The molecule has 34 heavy (non-hydrogen) atoms. The summed E-state index contributed by atoms with van der Waals surface area (Å²) in [5, 5.41) is 11.2. The van der Waals surface area contributed by atoms with Crippen LogP contribution in [0.3, 0.4) is 0 Å². The number of piperidine rings is 1. The summed E-state index contributed by atoms with van der Waals surface area (Å²) in [7, 11) is -4.19. The van der Waals surface area contributed by atoms with Crippen molar-refractivity contribution >= 4 is 15.8 Å². The van der Waals surface area contributed by atoms with E-state index >= 15 is 4.39 Å². The SMILES string of the molecule is CC1(C)CC(=O)C2=C(NC3=C(CN=N3)C23CCN(S(=O)(=O)c2ccccc2C(F)F)CC3)[C@@H]1F. The number of ketones is 1. The predicted molar refractivity (Wildman–Crippen MR) is 117 cm³/mol. The van der Waals surface area contributed by atoms with Gasteiger partial charge in [-0.2, -0.15) is 9.42 Å². The highest BCUT2D eigenvalue weighted by Crippen LogP contribution is 2.55. The van der Waals surface area contributed by atoms with E-state index in [4.69, 9.17) is 0 Å². The summed E-state index contributed by atoms with van der Waals surface area (Å²) < 4.78 is 70.3. The van der Waals surface area contributed by atoms with Gasteiger partial charge in [-0.3, -0.25) is 4.79 Å². The number of halogens is 3. The molecule has 11 heteroatoms. The van der Waals surface area contributed by atoms with E-state index in [0.29, 0.717) is 11.4 Å². The molecule has 1 N–H and O–H groups in total. The quantitative estimate of drug-likeness (QED) is 0.680. The first kappa shape index (κ1) is 23.2. The minimum absolute atomic E-state index is 0.00108. The molecule has 0 radical (unpaired) electrons. The van der Waals surface area contributed by atoms with Gasteiger partial charge in [0.05, 0.1) is 17.1 Å². The lowest BCUT2D eigenvalue weighted by atomic mass is 9.59. The topological polar surface area (TPSA) is 91.2 Å². The van der Waals surface area contributed by atoms with E-state index < -0.39 is 43.9 Å². The third-order valence-electron chi connectivity index (χ3n) is 7.45. The number of carbonyl (C=O) groups is 1. The van der Waals surface area contributed by atoms with Gasteiger partial charge in [-0.05, 0) is 18.9 Å². The molecular formula is C23H25F3N4O3S. The van der Waals surface area contributed by atoms with Gasteiger partial charge in [-0.25, -0.2) is 21.6 Å². The number of Topliss-reactive ketones (excluding diaryl/α,β-unsaturated/α-hetero) is 1. The molecule has 1 fully saturated rings. The van der Waals surface area contributed by atoms with Gasteiger partial charge in [0, 0.05) is 47.0 Å². The monoisotopic (exact) mass is 494 g/mol. The highest BCUT2D eigenvalue weighted by atomic mass is 32.2. The Morgan fingerprint density at radius 2 is 1.85 bits per heavy atom. The van der Waals surface area contributed by atoms with Crippen LogP contribution in [0.15, 0.2) is 62.1 Å². The summed E-state index contributed by atoms with van der Waals surface area (Å²) >= 11 is 0. The standard InChI is InChI=1S/C23H25F3N4O3S/c1-22(2)11-15(31)17-18(19(22)24)28-21-14(12-27-29-21)23(17)7-9-30(10-8-23)34(32,33)16-6-4-3-5-13(16)20(25)26/h3-6,19-20,28H,7-12H2,1-2H3/t19-/m0/s1. The van der Waals surface area contributed by atoms with E-state index in [0.717, 1.165) is 11.6 Å². The fraction of sp³-hybridized carbons (Fsp3) is 0.522. The highest BCUT2D eigenvalue weighted by Gasteiger charge is 2.56. The molecule has 0 unspecified atom stereocenters. The van der Waals surface area contributed by atoms with Crippen molar-refractivity contribution in [2.45, 2.75) is 50.6 Å². The zero-order valence-corrected chi connectivity index (χ0v) is 19.6. The van der Waals surface area contributed by atoms with Crippen molar-refractivity contribution in [1.29, 1.82) is 0 Å². The lowest BCUT2D eigenvalue weighted by Crippen LogP contribution is -2.53. The fourth-order valence-electron chi connectivity index (χ4n) is 5.67. The summed E-state index contributed by atoms with van der Waals surface area (Å²) in [6, 6.07) is 5.08. The average molecular weight is 495 g/mol. The van der Waals surface area contributed by atoms with Crippen molar-refractivity contribution < 1.29 is 26.4 Å². The second-order valence-electron chi connectivity index (χ2n) is 9.92. The summed E-state index contributed by atoms with van der Waals surface area (Å²) in [6.07, 6.45) is -3.88. The lowest BCUT2D eigenvalue weighted by Gasteiger charge is -2.49. The van der Waals surface area contributed by atoms with Crippen LogP contribution in [-0.2, 0) is 14.8 Å². The Labute approximate surface area is 195 Å². The third-order valence-corrected chi connectivity index (χ3v) is 9.42. The number of sulfonamides is 1. The molecule has 1 saturated heterocycles. The van der Waals surface area contributed by atoms with E-state index in [9.17, 15) is 22.0 Å². The number of dihydropyridines is 1. The summed E-state index contributed by atoms with van der Waals surface area (Å²) in [4.78, 5) is 12.9. The van der Waals surface area contributed by atoms with Gasteiger partial charge in [-0.15, -0.1) is 5.11 Å². The number of alkyl halides is 3. The Morgan fingerprint density at radius 1 is 1.18 bits per heavy atom. The molecule has 1 atom stereocenters. The Bertz CT molecular complexity index is 1260. The number of hydrogen-bond donors (Lipinski definition) is 1. The minimum atomic E-state index is -4.19. The largest absolute Gasteiger partial charge is 0.339 e. The molecule has 1 spiro atoms. The van der Waals surface area contributed by atoms with Gasteiger partial charge < -0.3 is 5.32 Å². The Kier molecular flexibility index (Phi) is 5.29. The van der Waals surface area contributed by atoms with E-state index in [2.05, 4.69) is 15.5 Å². The lowest BCUT2D eigenvalue weighted by molar-refractivity contribution is -0.121. The second kappa shape index (κ2) is 7.74. The van der Waals surface area contributed by atoms with Gasteiger partial charge >= 0.3 is 0 Å². The van der Waals surface area contributed by atoms with Crippen LogP contribution in [0, 0.1) is 10.8 Å². The van der Waals surface area contributed by atoms with E-state index in [1.54, 1.807) is 13.8 Å². The normalized spacial score (nSPS) is 26.2. The first-order valence-electron chi connectivity index (χ1n) is 11.2. The molecule has 1 aromatic carbocycles. The predicted octanol–water partition coefficient (Wildman–Crippen LogP) is 4.27. The van der Waals surface area contributed by atoms with Crippen LogP contribution in [0.25, 0.3) is 0 Å². The zero-order chi connectivity index (χ0) is 24.5. The molecule has 3 aliphatic heterocycles. The van der Waals surface area contributed by atoms with Crippen molar-refractivity contribution in [2.24, 2.45) is 21.1 Å². The van der Waals surface area contributed by atoms with Crippen LogP contribution in [0.4, 0.5) is 13.2 Å². The van der Waals surface area contributed by atoms with Crippen LogP contribution in [-0.4, -0.2) is 44.3 Å². The zero-order valence-electron chi connectivity index (χ0n) is 18.8. The van der Waals surface area contributed by atoms with Crippen LogP contribution in [0.1, 0.15) is 45.1 Å². The number of fused-ring (bicyclic) bond motifs is 2. The number of hydrogen-bond acceptors (Lipinski definition) is 6. The van der Waals surface area contributed by atoms with Gasteiger partial charge in [0.2, 0.25) is 10.0 Å². The molecule has 5 rings (SSSR count). The van der Waals surface area contributed by atoms with E-state index in [-0.39, 0.29) is 50.4 Å². The maximum atomic E-state index is 15.5. The molecule has 0 bridgehead atoms. The van der Waals surface area contributed by atoms with Crippen molar-refractivity contribution in [2.75, 3.05) is 19.6 Å². The smallest absolute Gasteiger partial charge is 0.265 e. The number of nitrogens with zero attached hydrogens (tertiary/aromatic N) is 3. The molecule has 0 saturated carbocycles. The second-order valence-corrected chi connectivity index (χ2v) is 11.8. The number of nitrogens with one attached hydrogen (secondary N) is 1. The number of benzene rings is 1. The average Bonchev–Trinajstić information content (AvgIpc) is 3.27. The molecule has 7 nitrogen and oxygen atoms in total. The molecule has 0 aromatic heterocycles. The van der Waals surface area contributed by atoms with Gasteiger partial charge in [0.15, 0.2) is 11.6 Å². The molecule has 182 valence electrons. The molecule has 3 heterocycles. The molecule has 1 aliphatic carbocycles. The Balaban J connectivity index is 1.52. The van der Waals surface area contributed by atoms with Crippen LogP contribution < -0.4 is 5.32 Å². The molecule has 1 aromatic rings. The Morgan fingerprint density at radius 3 is 2.53 bits per heavy atom. The highest BCUT2D eigenvalue weighted by molar-refractivity contribution is 7.89.